The van der Waals surface area contributed by atoms with Crippen molar-refractivity contribution >= 4 is 17.7 Å². The maximum atomic E-state index is 12.6. The molecule has 0 N–H and O–H groups in total. The van der Waals surface area contributed by atoms with E-state index in [2.05, 4.69) is 17.0 Å². The van der Waals surface area contributed by atoms with E-state index in [0.717, 1.165) is 0 Å². The number of nitrogens with zero attached hydrogens (tertiary/aromatic N) is 2. The van der Waals surface area contributed by atoms with Crippen LogP contribution in [0, 0.1) is 16.7 Å². The molecular weight excluding hydrogens is 356 g/mol. The first kappa shape index (κ1) is 20.5. The number of carbonyl (C=O) groups excluding carboxylic acids is 1. The number of halogens is 1. The van der Waals surface area contributed by atoms with Gasteiger partial charge in [0.1, 0.15) is 17.4 Å². The fourth-order valence-corrected chi connectivity index (χ4v) is 2.89. The van der Waals surface area contributed by atoms with Crippen LogP contribution in [0.4, 0.5) is 4.79 Å². The molecule has 1 heterocycles. The molecule has 0 bridgehead atoms. The maximum absolute atomic E-state index is 12.6. The number of hydrogen-bond donors (Lipinski definition) is 0. The minimum absolute atomic E-state index is 0.0781. The van der Waals surface area contributed by atoms with Gasteiger partial charge in [-0.1, -0.05) is 30.1 Å². The predicted molar refractivity (Wildman–Crippen MR) is 101 cm³/mol. The van der Waals surface area contributed by atoms with Gasteiger partial charge in [-0.3, -0.25) is 4.90 Å². The predicted octanol–water partition coefficient (Wildman–Crippen LogP) is 3.99. The van der Waals surface area contributed by atoms with Crippen LogP contribution in [0.2, 0.25) is 0 Å². The number of hydrogen-bond acceptors (Lipinski definition) is 5. The van der Waals surface area contributed by atoms with E-state index >= 15 is 0 Å². The van der Waals surface area contributed by atoms with Crippen LogP contribution < -0.4 is 0 Å². The average Bonchev–Trinajstić information content (AvgIpc) is 2.82. The third-order valence-corrected chi connectivity index (χ3v) is 4.28. The van der Waals surface area contributed by atoms with Gasteiger partial charge in [-0.2, -0.15) is 0 Å². The zero-order valence-corrected chi connectivity index (χ0v) is 16.5. The molecule has 3 atom stereocenters. The van der Waals surface area contributed by atoms with Crippen molar-refractivity contribution in [2.45, 2.75) is 69.8 Å². The molecule has 7 heteroatoms. The van der Waals surface area contributed by atoms with Gasteiger partial charge in [0.25, 0.3) is 0 Å². The highest BCUT2D eigenvalue weighted by molar-refractivity contribution is 6.22. The molecule has 0 aromatic heterocycles. The summed E-state index contributed by atoms with van der Waals surface area (Å²) in [5.74, 6) is 5.82. The van der Waals surface area contributed by atoms with Gasteiger partial charge in [0.2, 0.25) is 0 Å². The lowest BCUT2D eigenvalue weighted by atomic mass is 10.0. The zero-order valence-electron chi connectivity index (χ0n) is 15.8. The Morgan fingerprint density at radius 3 is 2.73 bits per heavy atom. The van der Waals surface area contributed by atoms with Gasteiger partial charge in [0.15, 0.2) is 6.04 Å². The Labute approximate surface area is 159 Å². The Hall–Kier alpha value is -1.84. The average molecular weight is 381 g/mol. The van der Waals surface area contributed by atoms with Crippen LogP contribution in [0.15, 0.2) is 29.0 Å². The standard InChI is InChI=1S/C19H25ClN2O4/c1-18(2,3)26-17(23)22-15(12-25-19(22,4)5)10-11-16(21-24)13-6-8-14(20)9-7-13/h6-8,14-16H,9,12H2,1-5H3/t14?,15-,16?/m0/s1. The van der Waals surface area contributed by atoms with Gasteiger partial charge < -0.3 is 9.47 Å². The normalized spacial score (nSPS) is 25.8. The van der Waals surface area contributed by atoms with E-state index in [1.807, 2.05) is 12.2 Å². The van der Waals surface area contributed by atoms with Gasteiger partial charge in [-0.25, -0.2) is 4.79 Å². The lowest BCUT2D eigenvalue weighted by Crippen LogP contribution is -2.49. The number of alkyl halides is 1. The molecule has 0 aromatic carbocycles. The van der Waals surface area contributed by atoms with Crippen molar-refractivity contribution in [3.8, 4) is 11.8 Å². The van der Waals surface area contributed by atoms with Crippen LogP contribution in [0.3, 0.4) is 0 Å². The summed E-state index contributed by atoms with van der Waals surface area (Å²) < 4.78 is 11.2. The molecule has 0 spiro atoms. The SMILES string of the molecule is CC(C)(C)OC(=O)N1[C@@H](C#CC(N=O)C2=CCC(Cl)C=C2)COC1(C)C. The van der Waals surface area contributed by atoms with E-state index in [1.54, 1.807) is 40.7 Å². The molecule has 1 fully saturated rings. The Kier molecular flexibility index (Phi) is 6.15. The summed E-state index contributed by atoms with van der Waals surface area (Å²) in [5, 5.41) is 3.02. The minimum Gasteiger partial charge on any atom is -0.444 e. The first-order chi connectivity index (χ1) is 12.0. The van der Waals surface area contributed by atoms with E-state index in [1.165, 1.54) is 4.90 Å². The van der Waals surface area contributed by atoms with Crippen LogP contribution in [-0.4, -0.2) is 46.4 Å². The number of carbonyl (C=O) groups is 1. The smallest absolute Gasteiger partial charge is 0.413 e. The van der Waals surface area contributed by atoms with Crippen molar-refractivity contribution in [1.29, 1.82) is 0 Å². The molecule has 1 amide bonds. The lowest BCUT2D eigenvalue weighted by molar-refractivity contribution is -0.0608. The van der Waals surface area contributed by atoms with Gasteiger partial charge in [0.05, 0.1) is 12.0 Å². The fraction of sp³-hybridized carbons (Fsp3) is 0.632. The number of allylic oxidation sites excluding steroid dienone is 2. The molecule has 2 unspecified atom stereocenters. The molecule has 2 aliphatic rings. The Morgan fingerprint density at radius 1 is 1.50 bits per heavy atom. The van der Waals surface area contributed by atoms with Gasteiger partial charge in [-0.15, -0.1) is 16.5 Å². The largest absolute Gasteiger partial charge is 0.444 e. The second-order valence-electron chi connectivity index (χ2n) is 7.74. The minimum atomic E-state index is -0.846. The van der Waals surface area contributed by atoms with E-state index in [9.17, 15) is 9.70 Å². The van der Waals surface area contributed by atoms with Crippen molar-refractivity contribution in [3.05, 3.63) is 28.7 Å². The molecular formula is C19H25ClN2O4. The molecule has 0 radical (unpaired) electrons. The fourth-order valence-electron chi connectivity index (χ4n) is 2.73. The highest BCUT2D eigenvalue weighted by Crippen LogP contribution is 2.29. The molecule has 142 valence electrons. The summed E-state index contributed by atoms with van der Waals surface area (Å²) in [6.45, 7) is 9.20. The highest BCUT2D eigenvalue weighted by Gasteiger charge is 2.45. The highest BCUT2D eigenvalue weighted by atomic mass is 35.5. The third-order valence-electron chi connectivity index (χ3n) is 3.96. The summed E-state index contributed by atoms with van der Waals surface area (Å²) in [6.07, 6.45) is 5.56. The van der Waals surface area contributed by atoms with Crippen LogP contribution in [-0.2, 0) is 9.47 Å². The topological polar surface area (TPSA) is 68.2 Å². The molecule has 2 rings (SSSR count). The van der Waals surface area contributed by atoms with Crippen molar-refractivity contribution in [1.82, 2.24) is 4.90 Å². The molecule has 26 heavy (non-hydrogen) atoms. The van der Waals surface area contributed by atoms with Gasteiger partial charge in [0, 0.05) is 0 Å². The summed E-state index contributed by atoms with van der Waals surface area (Å²) in [4.78, 5) is 25.3. The quantitative estimate of drug-likeness (QED) is 0.412. The molecule has 1 aliphatic heterocycles. The van der Waals surface area contributed by atoms with Crippen molar-refractivity contribution in [3.63, 3.8) is 0 Å². The Morgan fingerprint density at radius 2 is 2.19 bits per heavy atom. The molecule has 1 saturated heterocycles. The summed E-state index contributed by atoms with van der Waals surface area (Å²) >= 11 is 6.00. The van der Waals surface area contributed by atoms with Crippen LogP contribution in [0.5, 0.6) is 0 Å². The van der Waals surface area contributed by atoms with Crippen molar-refractivity contribution in [2.75, 3.05) is 6.61 Å². The first-order valence-corrected chi connectivity index (χ1v) is 8.99. The van der Waals surface area contributed by atoms with E-state index in [-0.39, 0.29) is 12.0 Å². The summed E-state index contributed by atoms with van der Waals surface area (Å²) in [7, 11) is 0. The monoisotopic (exact) mass is 380 g/mol. The molecule has 0 aromatic rings. The van der Waals surface area contributed by atoms with Crippen molar-refractivity contribution < 1.29 is 14.3 Å². The van der Waals surface area contributed by atoms with Crippen LogP contribution in [0.1, 0.15) is 41.0 Å². The van der Waals surface area contributed by atoms with Crippen LogP contribution >= 0.6 is 11.6 Å². The maximum Gasteiger partial charge on any atom is 0.413 e. The lowest BCUT2D eigenvalue weighted by Gasteiger charge is -2.33. The number of ether oxygens (including phenoxy) is 2. The number of rotatable bonds is 2. The van der Waals surface area contributed by atoms with E-state index < -0.39 is 29.5 Å². The third kappa shape index (κ3) is 5.09. The zero-order chi connectivity index (χ0) is 19.5. The molecule has 0 saturated carbocycles. The van der Waals surface area contributed by atoms with Gasteiger partial charge >= 0.3 is 6.09 Å². The summed E-state index contributed by atoms with van der Waals surface area (Å²) in [6, 6.07) is -1.32. The molecule has 1 aliphatic carbocycles. The number of amides is 1. The van der Waals surface area contributed by atoms with Crippen LogP contribution in [0.25, 0.3) is 0 Å². The Bertz CT molecular complexity index is 682. The summed E-state index contributed by atoms with van der Waals surface area (Å²) in [5.41, 5.74) is -0.760. The molecule has 6 nitrogen and oxygen atoms in total. The second kappa shape index (κ2) is 7.81. The van der Waals surface area contributed by atoms with Crippen molar-refractivity contribution in [2.24, 2.45) is 5.18 Å². The van der Waals surface area contributed by atoms with Gasteiger partial charge in [-0.05, 0) is 51.8 Å². The number of nitroso groups, excluding NO2 is 1. The van der Waals surface area contributed by atoms with E-state index in [4.69, 9.17) is 21.1 Å². The van der Waals surface area contributed by atoms with E-state index in [0.29, 0.717) is 12.0 Å². The first-order valence-electron chi connectivity index (χ1n) is 8.55. The second-order valence-corrected chi connectivity index (χ2v) is 8.30. The Balaban J connectivity index is 2.19.